The molecule has 1 aliphatic rings. The van der Waals surface area contributed by atoms with Crippen LogP contribution in [0.15, 0.2) is 35.3 Å². The number of nitrogens with one attached hydrogen (secondary N) is 1. The minimum Gasteiger partial charge on any atom is -0.497 e. The molecule has 0 saturated heterocycles. The van der Waals surface area contributed by atoms with Gasteiger partial charge >= 0.3 is 12.1 Å². The smallest absolute Gasteiger partial charge is 0.423 e. The predicted octanol–water partition coefficient (Wildman–Crippen LogP) is 2.75. The summed E-state index contributed by atoms with van der Waals surface area (Å²) in [6.45, 7) is -0.0708. The largest absolute Gasteiger partial charge is 0.497 e. The first kappa shape index (κ1) is 22.6. The summed E-state index contributed by atoms with van der Waals surface area (Å²) in [6, 6.07) is 6.25. The number of hydrogen-bond acceptors (Lipinski definition) is 6. The Balaban J connectivity index is 1.71. The highest BCUT2D eigenvalue weighted by molar-refractivity contribution is 5.66. The van der Waals surface area contributed by atoms with Crippen LogP contribution in [-0.4, -0.2) is 46.7 Å². The van der Waals surface area contributed by atoms with Gasteiger partial charge in [0.2, 0.25) is 0 Å². The van der Waals surface area contributed by atoms with E-state index in [0.717, 1.165) is 10.9 Å². The summed E-state index contributed by atoms with van der Waals surface area (Å²) < 4.78 is 52.1. The van der Waals surface area contributed by atoms with Gasteiger partial charge in [-0.1, -0.05) is 12.1 Å². The monoisotopic (exact) mass is 441 g/mol. The quantitative estimate of drug-likeness (QED) is 0.617. The first-order valence-electron chi connectivity index (χ1n) is 9.57. The Bertz CT molecular complexity index is 970. The number of aliphatic carboxylic acids is 1. The molecule has 1 aromatic heterocycles. The molecule has 0 amide bonds. The zero-order valence-electron chi connectivity index (χ0n) is 16.7. The molecular weight excluding hydrogens is 419 g/mol. The van der Waals surface area contributed by atoms with E-state index in [9.17, 15) is 22.8 Å². The maximum absolute atomic E-state index is 13.6. The van der Waals surface area contributed by atoms with Crippen molar-refractivity contribution in [2.24, 2.45) is 0 Å². The second kappa shape index (κ2) is 9.38. The summed E-state index contributed by atoms with van der Waals surface area (Å²) in [5, 5.41) is 15.2. The van der Waals surface area contributed by atoms with Crippen LogP contribution in [0.2, 0.25) is 0 Å². The van der Waals surface area contributed by atoms with E-state index in [2.05, 4.69) is 10.4 Å². The van der Waals surface area contributed by atoms with Gasteiger partial charge in [-0.05, 0) is 30.5 Å². The highest BCUT2D eigenvalue weighted by Crippen LogP contribution is 2.34. The molecule has 168 valence electrons. The number of anilines is 1. The number of carboxylic acid groups (broad SMARTS) is 1. The molecule has 0 spiro atoms. The van der Waals surface area contributed by atoms with Gasteiger partial charge in [0.15, 0.2) is 0 Å². The lowest BCUT2D eigenvalue weighted by Gasteiger charge is -2.36. The van der Waals surface area contributed by atoms with Crippen molar-refractivity contribution in [2.75, 3.05) is 19.0 Å². The van der Waals surface area contributed by atoms with Crippen molar-refractivity contribution in [2.45, 2.75) is 44.1 Å². The minimum atomic E-state index is -4.86. The van der Waals surface area contributed by atoms with Gasteiger partial charge < -0.3 is 19.9 Å². The molecule has 0 aliphatic heterocycles. The highest BCUT2D eigenvalue weighted by Gasteiger charge is 2.40. The maximum Gasteiger partial charge on any atom is 0.423 e. The number of methoxy groups -OCH3 is 1. The minimum absolute atomic E-state index is 0.0451. The summed E-state index contributed by atoms with van der Waals surface area (Å²) in [5.41, 5.74) is -2.31. The molecule has 3 rings (SSSR count). The van der Waals surface area contributed by atoms with Gasteiger partial charge in [-0.25, -0.2) is 4.68 Å². The number of alkyl halides is 3. The van der Waals surface area contributed by atoms with E-state index in [1.807, 2.05) is 0 Å². The summed E-state index contributed by atoms with van der Waals surface area (Å²) in [6.07, 6.45) is -3.40. The van der Waals surface area contributed by atoms with E-state index in [1.54, 1.807) is 24.3 Å². The fraction of sp³-hybridized carbons (Fsp3) is 0.450. The van der Waals surface area contributed by atoms with Crippen molar-refractivity contribution in [1.29, 1.82) is 0 Å². The average Bonchev–Trinajstić information content (AvgIpc) is 2.67. The molecule has 1 aromatic carbocycles. The van der Waals surface area contributed by atoms with Gasteiger partial charge in [0.05, 0.1) is 44.7 Å². The van der Waals surface area contributed by atoms with Crippen molar-refractivity contribution >= 4 is 11.7 Å². The number of rotatable bonds is 9. The molecule has 0 bridgehead atoms. The third-order valence-corrected chi connectivity index (χ3v) is 4.94. The third-order valence-electron chi connectivity index (χ3n) is 4.94. The Morgan fingerprint density at radius 2 is 1.97 bits per heavy atom. The maximum atomic E-state index is 13.6. The SMILES string of the molecule is COc1ccc(Cn2ncc(NC3CC(OCCC(=O)O)C3)c(C(F)(F)F)c2=O)cc1. The fourth-order valence-corrected chi connectivity index (χ4v) is 3.24. The second-order valence-corrected chi connectivity index (χ2v) is 7.19. The van der Waals surface area contributed by atoms with E-state index in [0.29, 0.717) is 24.2 Å². The molecule has 8 nitrogen and oxygen atoms in total. The molecule has 11 heteroatoms. The van der Waals surface area contributed by atoms with Crippen molar-refractivity contribution < 1.29 is 32.5 Å². The van der Waals surface area contributed by atoms with Crippen molar-refractivity contribution in [1.82, 2.24) is 9.78 Å². The molecule has 0 unspecified atom stereocenters. The second-order valence-electron chi connectivity index (χ2n) is 7.19. The summed E-state index contributed by atoms with van der Waals surface area (Å²) in [7, 11) is 1.49. The van der Waals surface area contributed by atoms with Gasteiger partial charge in [-0.3, -0.25) is 9.59 Å². The summed E-state index contributed by atoms with van der Waals surface area (Å²) in [5.74, 6) is -0.393. The first-order chi connectivity index (χ1) is 14.7. The molecular formula is C20H22F3N3O5. The van der Waals surface area contributed by atoms with Crippen LogP contribution in [0.25, 0.3) is 0 Å². The molecule has 31 heavy (non-hydrogen) atoms. The van der Waals surface area contributed by atoms with Gasteiger partial charge in [-0.2, -0.15) is 18.3 Å². The molecule has 2 N–H and O–H groups in total. The van der Waals surface area contributed by atoms with Gasteiger partial charge in [0.25, 0.3) is 5.56 Å². The van der Waals surface area contributed by atoms with Crippen LogP contribution >= 0.6 is 0 Å². The van der Waals surface area contributed by atoms with E-state index in [1.165, 1.54) is 7.11 Å². The van der Waals surface area contributed by atoms with Crippen LogP contribution in [0, 0.1) is 0 Å². The Labute approximate surface area is 175 Å². The summed E-state index contributed by atoms with van der Waals surface area (Å²) in [4.78, 5) is 23.0. The number of nitrogens with zero attached hydrogens (tertiary/aromatic N) is 2. The fourth-order valence-electron chi connectivity index (χ4n) is 3.24. The van der Waals surface area contributed by atoms with Crippen molar-refractivity contribution in [3.63, 3.8) is 0 Å². The van der Waals surface area contributed by atoms with E-state index < -0.39 is 23.3 Å². The van der Waals surface area contributed by atoms with Gasteiger partial charge in [0.1, 0.15) is 11.3 Å². The molecule has 1 fully saturated rings. The normalized spacial score (nSPS) is 18.3. The standard InChI is InChI=1S/C20H22F3N3O5/c1-30-14-4-2-12(3-5-14)11-26-19(29)18(20(21,22)23)16(10-24-26)25-13-8-15(9-13)31-7-6-17(27)28/h2-5,10,13,15,25H,6-9,11H2,1H3,(H,27,28). The van der Waals surface area contributed by atoms with Crippen LogP contribution in [0.1, 0.15) is 30.4 Å². The Morgan fingerprint density at radius 1 is 1.29 bits per heavy atom. The van der Waals surface area contributed by atoms with Crippen LogP contribution in [0.3, 0.4) is 0 Å². The Hall–Kier alpha value is -3.08. The number of ether oxygens (including phenoxy) is 2. The molecule has 1 heterocycles. The van der Waals surface area contributed by atoms with Crippen LogP contribution in [0.4, 0.5) is 18.9 Å². The van der Waals surface area contributed by atoms with E-state index >= 15 is 0 Å². The number of aromatic nitrogens is 2. The summed E-state index contributed by atoms with van der Waals surface area (Å²) >= 11 is 0. The topological polar surface area (TPSA) is 103 Å². The van der Waals surface area contributed by atoms with E-state index in [-0.39, 0.29) is 37.4 Å². The molecule has 1 aliphatic carbocycles. The Kier molecular flexibility index (Phi) is 6.84. The number of hydrogen-bond donors (Lipinski definition) is 2. The van der Waals surface area contributed by atoms with Crippen molar-refractivity contribution in [3.05, 3.63) is 51.9 Å². The van der Waals surface area contributed by atoms with E-state index in [4.69, 9.17) is 14.6 Å². The lowest BCUT2D eigenvalue weighted by Crippen LogP contribution is -2.42. The third kappa shape index (κ3) is 5.75. The number of benzene rings is 1. The predicted molar refractivity (Wildman–Crippen MR) is 104 cm³/mol. The van der Waals surface area contributed by atoms with Crippen molar-refractivity contribution in [3.8, 4) is 5.75 Å². The first-order valence-corrected chi connectivity index (χ1v) is 9.57. The average molecular weight is 441 g/mol. The van der Waals surface area contributed by atoms with Crippen LogP contribution < -0.4 is 15.6 Å². The molecule has 0 atom stereocenters. The Morgan fingerprint density at radius 3 is 2.55 bits per heavy atom. The van der Waals surface area contributed by atoms with Crippen LogP contribution in [-0.2, 0) is 22.3 Å². The number of halogens is 3. The number of carbonyl (C=O) groups is 1. The molecule has 1 saturated carbocycles. The van der Waals surface area contributed by atoms with Gasteiger partial charge in [0, 0.05) is 6.04 Å². The van der Waals surface area contributed by atoms with Gasteiger partial charge in [-0.15, -0.1) is 0 Å². The lowest BCUT2D eigenvalue weighted by atomic mass is 9.89. The number of carboxylic acids is 1. The zero-order chi connectivity index (χ0) is 22.6. The zero-order valence-corrected chi connectivity index (χ0v) is 16.7. The van der Waals surface area contributed by atoms with Crippen LogP contribution in [0.5, 0.6) is 5.75 Å². The lowest BCUT2D eigenvalue weighted by molar-refractivity contribution is -0.139. The highest BCUT2D eigenvalue weighted by atomic mass is 19.4. The molecule has 0 radical (unpaired) electrons. The molecule has 2 aromatic rings.